The van der Waals surface area contributed by atoms with Crippen molar-refractivity contribution in [1.29, 1.82) is 0 Å². The van der Waals surface area contributed by atoms with Gasteiger partial charge in [0.1, 0.15) is 19.3 Å². The van der Waals surface area contributed by atoms with Gasteiger partial charge in [-0.15, -0.1) is 0 Å². The van der Waals surface area contributed by atoms with Crippen LogP contribution in [0.3, 0.4) is 0 Å². The molecule has 0 radical (unpaired) electrons. The number of phosphoric ester groups is 2. The number of carbonyl (C=O) groups excluding carboxylic acids is 4. The number of hydrogen-bond acceptors (Lipinski definition) is 15. The van der Waals surface area contributed by atoms with Crippen molar-refractivity contribution < 1.29 is 80.2 Å². The summed E-state index contributed by atoms with van der Waals surface area (Å²) in [5.41, 5.74) is 0. The molecule has 0 saturated carbocycles. The van der Waals surface area contributed by atoms with Crippen molar-refractivity contribution >= 4 is 39.5 Å². The van der Waals surface area contributed by atoms with Crippen molar-refractivity contribution in [2.75, 3.05) is 39.6 Å². The molecule has 102 heavy (non-hydrogen) atoms. The minimum Gasteiger partial charge on any atom is -0.462 e. The Balaban J connectivity index is 5.44. The predicted octanol–water partition coefficient (Wildman–Crippen LogP) is 23.1. The smallest absolute Gasteiger partial charge is 0.462 e. The maximum Gasteiger partial charge on any atom is 0.472 e. The second-order valence-electron chi connectivity index (χ2n) is 26.3. The third-order valence-electron chi connectivity index (χ3n) is 16.4. The van der Waals surface area contributed by atoms with Crippen LogP contribution in [0.25, 0.3) is 0 Å². The Morgan fingerprint density at radius 2 is 0.490 bits per heavy atom. The summed E-state index contributed by atoms with van der Waals surface area (Å²) < 4.78 is 68.5. The van der Waals surface area contributed by atoms with Crippen LogP contribution in [0.2, 0.25) is 0 Å². The monoisotopic (exact) mass is 1470 g/mol. The molecule has 17 nitrogen and oxygen atoms in total. The lowest BCUT2D eigenvalue weighted by molar-refractivity contribution is -0.161. The fourth-order valence-corrected chi connectivity index (χ4v) is 11.8. The average Bonchev–Trinajstić information content (AvgIpc) is 0.923. The molecule has 0 aliphatic carbocycles. The summed E-state index contributed by atoms with van der Waals surface area (Å²) in [5.74, 6) is -2.28. The van der Waals surface area contributed by atoms with Crippen LogP contribution >= 0.6 is 15.6 Å². The van der Waals surface area contributed by atoms with E-state index in [2.05, 4.69) is 137 Å². The third kappa shape index (κ3) is 73.8. The molecule has 0 fully saturated rings. The fourth-order valence-electron chi connectivity index (χ4n) is 10.2. The van der Waals surface area contributed by atoms with Gasteiger partial charge in [0.2, 0.25) is 0 Å². The Labute approximate surface area is 619 Å². The molecule has 19 heteroatoms. The number of unbranched alkanes of at least 4 members (excludes halogenated alkanes) is 28. The molecule has 0 aromatic heterocycles. The Bertz CT molecular complexity index is 2410. The molecule has 0 heterocycles. The van der Waals surface area contributed by atoms with Crippen LogP contribution in [-0.4, -0.2) is 96.7 Å². The second-order valence-corrected chi connectivity index (χ2v) is 29.2. The van der Waals surface area contributed by atoms with Gasteiger partial charge < -0.3 is 33.8 Å². The minimum atomic E-state index is -5.00. The predicted molar refractivity (Wildman–Crippen MR) is 418 cm³/mol. The number of phosphoric acid groups is 2. The zero-order valence-corrected chi connectivity index (χ0v) is 65.8. The fraction of sp³-hybridized carbons (Fsp3) is 0.711. The molecule has 0 spiro atoms. The SMILES string of the molecule is CCCCC/C=C\C/C=C\C/C=C\C/C=C\CCCC(=O)OC[C@H](COP(=O)(O)OC[C@@H](O)COP(=O)(O)OC[C@@H](COC(=O)CCCCCCC/C=C\C/C=C\CCCCC)OC(=O)CCCCCCC/C=C\C/C=C\CCCCC)OC(=O)CCCCCCC/C=C\C/C=C\CCCCC. The van der Waals surface area contributed by atoms with Gasteiger partial charge in [0, 0.05) is 25.7 Å². The minimum absolute atomic E-state index is 0.0648. The number of ether oxygens (including phenoxy) is 4. The molecule has 0 rings (SSSR count). The largest absolute Gasteiger partial charge is 0.472 e. The highest BCUT2D eigenvalue weighted by Gasteiger charge is 2.30. The molecule has 0 aromatic rings. The van der Waals surface area contributed by atoms with Gasteiger partial charge in [-0.05, 0) is 161 Å². The summed E-state index contributed by atoms with van der Waals surface area (Å²) in [4.78, 5) is 73.0. The Hall–Kier alpha value is -4.54. The van der Waals surface area contributed by atoms with Gasteiger partial charge in [0.05, 0.1) is 26.4 Å². The second kappa shape index (κ2) is 74.7. The maximum atomic E-state index is 13.1. The lowest BCUT2D eigenvalue weighted by Gasteiger charge is -2.21. The lowest BCUT2D eigenvalue weighted by Crippen LogP contribution is -2.30. The normalized spacial score (nSPS) is 14.5. The van der Waals surface area contributed by atoms with Gasteiger partial charge in [-0.2, -0.15) is 0 Å². The summed E-state index contributed by atoms with van der Waals surface area (Å²) in [6, 6.07) is 0. The average molecular weight is 1470 g/mol. The van der Waals surface area contributed by atoms with E-state index in [0.29, 0.717) is 32.1 Å². The van der Waals surface area contributed by atoms with E-state index in [1.807, 2.05) is 12.2 Å². The van der Waals surface area contributed by atoms with E-state index >= 15 is 0 Å². The van der Waals surface area contributed by atoms with Crippen molar-refractivity contribution in [3.05, 3.63) is 122 Å². The summed E-state index contributed by atoms with van der Waals surface area (Å²) in [7, 11) is -9.98. The molecule has 3 N–H and O–H groups in total. The molecule has 0 aromatic carbocycles. The van der Waals surface area contributed by atoms with Gasteiger partial charge >= 0.3 is 39.5 Å². The first-order valence-electron chi connectivity index (χ1n) is 39.8. The van der Waals surface area contributed by atoms with Crippen LogP contribution in [0.5, 0.6) is 0 Å². The number of esters is 4. The standard InChI is InChI=1S/C83H142O17P2/c1-5-9-13-17-21-25-29-33-37-38-42-44-48-52-56-60-64-68-81(86)94-74-79(100-83(88)70-66-62-58-54-50-46-41-36-32-28-24-20-16-12-8-4)76-98-102(91,92)96-72-77(84)71-95-101(89,90)97-75-78(99-82(87)69-65-61-57-53-49-45-40-35-31-27-23-19-15-11-7-3)73-93-80(85)67-63-59-55-51-47-43-39-34-30-26-22-18-14-10-6-2/h21-28,33-37,39-42,44,52,56,77-79,84H,5-20,29-32,38,43,45-51,53-55,57-76H2,1-4H3,(H,89,90)(H,91,92)/b25-21-,26-22-,27-23-,28-24-,37-33-,39-34-,40-35-,41-36-,44-42-,56-52-/t77-,78+,79+/m0/s1. The molecular formula is C83H142O17P2. The first-order valence-corrected chi connectivity index (χ1v) is 42.8. The number of hydrogen-bond donors (Lipinski definition) is 3. The van der Waals surface area contributed by atoms with E-state index in [4.69, 9.17) is 37.0 Å². The molecule has 586 valence electrons. The quantitative estimate of drug-likeness (QED) is 0.0169. The van der Waals surface area contributed by atoms with E-state index in [-0.39, 0.29) is 25.7 Å². The van der Waals surface area contributed by atoms with Crippen molar-refractivity contribution in [3.8, 4) is 0 Å². The number of aliphatic hydroxyl groups excluding tert-OH is 1. The Morgan fingerprint density at radius 1 is 0.275 bits per heavy atom. The van der Waals surface area contributed by atoms with Gasteiger partial charge in [0.15, 0.2) is 12.2 Å². The number of aliphatic hydroxyl groups is 1. The molecule has 0 bridgehead atoms. The Morgan fingerprint density at radius 3 is 0.775 bits per heavy atom. The first kappa shape index (κ1) is 97.5. The van der Waals surface area contributed by atoms with Gasteiger partial charge in [-0.25, -0.2) is 9.13 Å². The van der Waals surface area contributed by atoms with E-state index in [1.165, 1.54) is 77.0 Å². The van der Waals surface area contributed by atoms with Gasteiger partial charge in [0.25, 0.3) is 0 Å². The van der Waals surface area contributed by atoms with E-state index in [0.717, 1.165) is 161 Å². The highest BCUT2D eigenvalue weighted by Crippen LogP contribution is 2.45. The van der Waals surface area contributed by atoms with Crippen LogP contribution in [0, 0.1) is 0 Å². The van der Waals surface area contributed by atoms with Gasteiger partial charge in [-0.1, -0.05) is 258 Å². The third-order valence-corrected chi connectivity index (χ3v) is 18.3. The van der Waals surface area contributed by atoms with Crippen molar-refractivity contribution in [1.82, 2.24) is 0 Å². The zero-order valence-electron chi connectivity index (χ0n) is 64.0. The summed E-state index contributed by atoms with van der Waals surface area (Å²) in [5, 5.41) is 10.6. The molecule has 0 aliphatic rings. The van der Waals surface area contributed by atoms with E-state index in [9.17, 15) is 43.2 Å². The molecule has 2 unspecified atom stereocenters. The van der Waals surface area contributed by atoms with Crippen LogP contribution in [-0.2, 0) is 65.4 Å². The van der Waals surface area contributed by atoms with Crippen LogP contribution in [0.1, 0.15) is 323 Å². The van der Waals surface area contributed by atoms with Crippen molar-refractivity contribution in [3.63, 3.8) is 0 Å². The molecule has 5 atom stereocenters. The maximum absolute atomic E-state index is 13.1. The molecule has 0 saturated heterocycles. The highest BCUT2D eigenvalue weighted by atomic mass is 31.2. The highest BCUT2D eigenvalue weighted by molar-refractivity contribution is 7.47. The molecule has 0 amide bonds. The first-order chi connectivity index (χ1) is 49.7. The van der Waals surface area contributed by atoms with E-state index in [1.54, 1.807) is 0 Å². The van der Waals surface area contributed by atoms with E-state index < -0.39 is 97.5 Å². The topological polar surface area (TPSA) is 237 Å². The number of carbonyl (C=O) groups is 4. The Kier molecular flexibility index (Phi) is 71.4. The van der Waals surface area contributed by atoms with Crippen molar-refractivity contribution in [2.45, 2.75) is 341 Å². The lowest BCUT2D eigenvalue weighted by atomic mass is 10.1. The number of allylic oxidation sites excluding steroid dienone is 20. The summed E-state index contributed by atoms with van der Waals surface area (Å²) in [6.45, 7) is 4.67. The number of rotatable bonds is 74. The van der Waals surface area contributed by atoms with Crippen molar-refractivity contribution in [2.24, 2.45) is 0 Å². The van der Waals surface area contributed by atoms with Crippen LogP contribution in [0.4, 0.5) is 0 Å². The summed E-state index contributed by atoms with van der Waals surface area (Å²) >= 11 is 0. The molecular weight excluding hydrogens is 1330 g/mol. The van der Waals surface area contributed by atoms with Gasteiger partial charge in [-0.3, -0.25) is 37.3 Å². The zero-order chi connectivity index (χ0) is 74.6. The van der Waals surface area contributed by atoms with Crippen LogP contribution in [0.15, 0.2) is 122 Å². The molecule has 0 aliphatic heterocycles. The summed E-state index contributed by atoms with van der Waals surface area (Å²) in [6.07, 6.45) is 81.8. The van der Waals surface area contributed by atoms with Crippen LogP contribution < -0.4 is 0 Å².